The fraction of sp³-hybridized carbons (Fsp3) is 0.500. The quantitative estimate of drug-likeness (QED) is 0.401. The number of aryl methyl sites for hydroxylation is 1. The minimum atomic E-state index is -1.16. The predicted octanol–water partition coefficient (Wildman–Crippen LogP) is 4.40. The van der Waals surface area contributed by atoms with Gasteiger partial charge in [-0.25, -0.2) is 9.97 Å². The van der Waals surface area contributed by atoms with Crippen molar-refractivity contribution in [2.24, 2.45) is 5.73 Å². The number of hydrogen-bond donors (Lipinski definition) is 1. The molecule has 0 bridgehead atoms. The normalized spacial score (nSPS) is 16.2. The molecule has 0 spiro atoms. The van der Waals surface area contributed by atoms with Gasteiger partial charge in [-0.15, -0.1) is 0 Å². The second-order valence-electron chi connectivity index (χ2n) is 9.71. The second kappa shape index (κ2) is 9.03. The third-order valence-corrected chi connectivity index (χ3v) is 7.69. The van der Waals surface area contributed by atoms with Gasteiger partial charge < -0.3 is 19.9 Å². The third-order valence-electron chi connectivity index (χ3n) is 5.99. The minimum absolute atomic E-state index is 0.364. The fourth-order valence-corrected chi connectivity index (χ4v) is 4.79. The van der Waals surface area contributed by atoms with Gasteiger partial charge in [0.25, 0.3) is 0 Å². The molecular formula is C24H34N4O3Si. The van der Waals surface area contributed by atoms with Crippen LogP contribution >= 0.6 is 0 Å². The maximum Gasteiger partial charge on any atom is 0.192 e. The molecule has 1 aliphatic rings. The van der Waals surface area contributed by atoms with Gasteiger partial charge in [0.05, 0.1) is 30.8 Å². The van der Waals surface area contributed by atoms with Gasteiger partial charge in [0, 0.05) is 32.4 Å². The number of benzene rings is 1. The highest BCUT2D eigenvalue weighted by molar-refractivity contribution is 6.76. The number of nitrogens with two attached hydrogens (primary N) is 1. The molecule has 172 valence electrons. The molecule has 8 heteroatoms. The van der Waals surface area contributed by atoms with Crippen molar-refractivity contribution in [3.8, 4) is 11.3 Å². The zero-order valence-electron chi connectivity index (χ0n) is 19.8. The van der Waals surface area contributed by atoms with Crippen LogP contribution in [0.4, 0.5) is 0 Å². The molecule has 1 saturated heterocycles. The van der Waals surface area contributed by atoms with E-state index in [9.17, 15) is 0 Å². The van der Waals surface area contributed by atoms with Crippen LogP contribution in [0.2, 0.25) is 25.7 Å². The van der Waals surface area contributed by atoms with Crippen molar-refractivity contribution in [2.45, 2.75) is 58.6 Å². The molecule has 0 radical (unpaired) electrons. The molecule has 1 fully saturated rings. The van der Waals surface area contributed by atoms with E-state index < -0.39 is 13.9 Å². The van der Waals surface area contributed by atoms with E-state index in [2.05, 4.69) is 60.4 Å². The van der Waals surface area contributed by atoms with Gasteiger partial charge >= 0.3 is 0 Å². The third kappa shape index (κ3) is 4.65. The Kier molecular flexibility index (Phi) is 6.51. The molecule has 2 N–H and O–H groups in total. The minimum Gasteiger partial charge on any atom is -0.361 e. The predicted molar refractivity (Wildman–Crippen MR) is 129 cm³/mol. The molecule has 3 heterocycles. The van der Waals surface area contributed by atoms with Crippen molar-refractivity contribution in [1.82, 2.24) is 14.5 Å². The summed E-state index contributed by atoms with van der Waals surface area (Å²) in [6, 6.07) is 9.47. The first kappa shape index (κ1) is 23.1. The highest BCUT2D eigenvalue weighted by atomic mass is 28.3. The molecule has 0 amide bonds. The Morgan fingerprint density at radius 2 is 1.84 bits per heavy atom. The van der Waals surface area contributed by atoms with Gasteiger partial charge in [-0.2, -0.15) is 0 Å². The Bertz CT molecular complexity index is 1080. The van der Waals surface area contributed by atoms with Crippen LogP contribution in [-0.2, 0) is 33.3 Å². The van der Waals surface area contributed by atoms with E-state index in [0.29, 0.717) is 26.5 Å². The summed E-state index contributed by atoms with van der Waals surface area (Å²) in [7, 11) is -1.16. The lowest BCUT2D eigenvalue weighted by Gasteiger charge is -2.23. The first-order valence-corrected chi connectivity index (χ1v) is 14.9. The summed E-state index contributed by atoms with van der Waals surface area (Å²) in [4.78, 5) is 9.45. The van der Waals surface area contributed by atoms with Gasteiger partial charge in [-0.3, -0.25) is 4.57 Å². The van der Waals surface area contributed by atoms with Crippen LogP contribution in [0.3, 0.4) is 0 Å². The van der Waals surface area contributed by atoms with Crippen LogP contribution in [0, 0.1) is 6.92 Å². The average Bonchev–Trinajstić information content (AvgIpc) is 3.33. The number of hydrogen-bond acceptors (Lipinski definition) is 6. The van der Waals surface area contributed by atoms with Gasteiger partial charge in [0.2, 0.25) is 0 Å². The average molecular weight is 455 g/mol. The largest absolute Gasteiger partial charge is 0.361 e. The van der Waals surface area contributed by atoms with Gasteiger partial charge in [0.1, 0.15) is 12.2 Å². The lowest BCUT2D eigenvalue weighted by molar-refractivity contribution is -0.149. The first-order chi connectivity index (χ1) is 15.2. The van der Waals surface area contributed by atoms with E-state index in [1.165, 1.54) is 0 Å². The standard InChI is InChI=1S/C24H34N4O3Si/c1-17-21-23(26-15-20(14-25)27-21)28(16-29-12-13-32(3,4)5)22(17)18-6-8-19(9-7-18)24(2)30-10-11-31-24/h6-9,15H,10-14,16,25H2,1-5H3. The Morgan fingerprint density at radius 3 is 2.47 bits per heavy atom. The number of aromatic nitrogens is 3. The molecule has 0 atom stereocenters. The highest BCUT2D eigenvalue weighted by Crippen LogP contribution is 2.35. The summed E-state index contributed by atoms with van der Waals surface area (Å²) in [6.45, 7) is 13.9. The molecule has 7 nitrogen and oxygen atoms in total. The van der Waals surface area contributed by atoms with Crippen LogP contribution in [0.1, 0.15) is 23.7 Å². The molecule has 1 aliphatic heterocycles. The summed E-state index contributed by atoms with van der Waals surface area (Å²) >= 11 is 0. The van der Waals surface area contributed by atoms with Crippen LogP contribution in [0.25, 0.3) is 22.4 Å². The first-order valence-electron chi connectivity index (χ1n) is 11.2. The number of nitrogens with zero attached hydrogens (tertiary/aromatic N) is 3. The molecule has 32 heavy (non-hydrogen) atoms. The van der Waals surface area contributed by atoms with Crippen LogP contribution in [-0.4, -0.2) is 42.4 Å². The van der Waals surface area contributed by atoms with Gasteiger partial charge in [-0.1, -0.05) is 43.9 Å². The zero-order chi connectivity index (χ0) is 22.9. The van der Waals surface area contributed by atoms with Gasteiger partial charge in [0.15, 0.2) is 11.4 Å². The number of rotatable bonds is 8. The monoisotopic (exact) mass is 454 g/mol. The number of ether oxygens (including phenoxy) is 3. The van der Waals surface area contributed by atoms with E-state index in [4.69, 9.17) is 24.9 Å². The van der Waals surface area contributed by atoms with Gasteiger partial charge in [-0.05, 0) is 25.5 Å². The maximum atomic E-state index is 6.12. The Hall–Kier alpha value is -2.10. The van der Waals surface area contributed by atoms with Crippen molar-refractivity contribution in [2.75, 3.05) is 19.8 Å². The lowest BCUT2D eigenvalue weighted by Crippen LogP contribution is -2.22. The molecule has 0 unspecified atom stereocenters. The Balaban J connectivity index is 1.71. The summed E-state index contributed by atoms with van der Waals surface area (Å²) < 4.78 is 19.9. The highest BCUT2D eigenvalue weighted by Gasteiger charge is 2.33. The van der Waals surface area contributed by atoms with E-state index >= 15 is 0 Å². The topological polar surface area (TPSA) is 84.4 Å². The molecule has 4 rings (SSSR count). The van der Waals surface area contributed by atoms with Crippen molar-refractivity contribution < 1.29 is 14.2 Å². The van der Waals surface area contributed by atoms with Crippen molar-refractivity contribution in [1.29, 1.82) is 0 Å². The zero-order valence-corrected chi connectivity index (χ0v) is 20.8. The summed E-state index contributed by atoms with van der Waals surface area (Å²) in [6.07, 6.45) is 1.75. The fourth-order valence-electron chi connectivity index (χ4n) is 4.03. The van der Waals surface area contributed by atoms with E-state index in [0.717, 1.165) is 51.9 Å². The molecule has 2 aromatic heterocycles. The molecule has 3 aromatic rings. The molecule has 0 saturated carbocycles. The lowest BCUT2D eigenvalue weighted by atomic mass is 10.0. The van der Waals surface area contributed by atoms with E-state index in [1.54, 1.807) is 6.20 Å². The summed E-state index contributed by atoms with van der Waals surface area (Å²) in [5, 5.41) is 0. The molecule has 0 aliphatic carbocycles. The second-order valence-corrected chi connectivity index (χ2v) is 15.3. The van der Waals surface area contributed by atoms with Crippen LogP contribution < -0.4 is 5.73 Å². The van der Waals surface area contributed by atoms with E-state index in [1.807, 2.05) is 6.92 Å². The smallest absolute Gasteiger partial charge is 0.192 e. The summed E-state index contributed by atoms with van der Waals surface area (Å²) in [5.74, 6) is -0.681. The molecule has 1 aromatic carbocycles. The van der Waals surface area contributed by atoms with Crippen LogP contribution in [0.15, 0.2) is 30.5 Å². The Morgan fingerprint density at radius 1 is 1.16 bits per heavy atom. The number of fused-ring (bicyclic) bond motifs is 1. The maximum absolute atomic E-state index is 6.12. The van der Waals surface area contributed by atoms with Crippen molar-refractivity contribution >= 4 is 19.2 Å². The SMILES string of the molecule is Cc1c(-c2ccc(C3(C)OCCO3)cc2)n(COCC[Si](C)(C)C)c2ncc(CN)nc12. The van der Waals surface area contributed by atoms with E-state index in [-0.39, 0.29) is 0 Å². The summed E-state index contributed by atoms with van der Waals surface area (Å²) in [5.41, 5.74) is 12.5. The van der Waals surface area contributed by atoms with Crippen LogP contribution in [0.5, 0.6) is 0 Å². The van der Waals surface area contributed by atoms with Crippen molar-refractivity contribution in [3.63, 3.8) is 0 Å². The molecular weight excluding hydrogens is 420 g/mol. The Labute approximate surface area is 190 Å². The van der Waals surface area contributed by atoms with Crippen molar-refractivity contribution in [3.05, 3.63) is 47.3 Å².